The quantitative estimate of drug-likeness (QED) is 0.899. The number of rotatable bonds is 3. The van der Waals surface area contributed by atoms with Crippen molar-refractivity contribution in [2.24, 2.45) is 0 Å². The van der Waals surface area contributed by atoms with E-state index in [1.165, 1.54) is 11.1 Å². The molecule has 1 saturated heterocycles. The fourth-order valence-corrected chi connectivity index (χ4v) is 2.64. The largest absolute Gasteiger partial charge is 0.361 e. The second-order valence-electron chi connectivity index (χ2n) is 4.90. The highest BCUT2D eigenvalue weighted by molar-refractivity contribution is 5.27. The molecule has 1 aliphatic heterocycles. The maximum absolute atomic E-state index is 5.50. The number of benzene rings is 1. The van der Waals surface area contributed by atoms with Gasteiger partial charge in [-0.1, -0.05) is 35.5 Å². The fraction of sp³-hybridized carbons (Fsp3) is 0.400. The average molecular weight is 242 g/mol. The first-order valence-electron chi connectivity index (χ1n) is 6.61. The van der Waals surface area contributed by atoms with Crippen LogP contribution in [0.15, 0.2) is 41.1 Å². The van der Waals surface area contributed by atoms with Crippen molar-refractivity contribution in [1.82, 2.24) is 10.5 Å². The van der Waals surface area contributed by atoms with Gasteiger partial charge in [0.2, 0.25) is 0 Å². The smallest absolute Gasteiger partial charge is 0.143 e. The molecule has 0 spiro atoms. The highest BCUT2D eigenvalue weighted by Gasteiger charge is 2.22. The van der Waals surface area contributed by atoms with Crippen molar-refractivity contribution in [3.8, 4) is 0 Å². The summed E-state index contributed by atoms with van der Waals surface area (Å²) in [6.45, 7) is 2.16. The molecule has 0 unspecified atom stereocenters. The summed E-state index contributed by atoms with van der Waals surface area (Å²) in [5.74, 6) is 1.63. The summed E-state index contributed by atoms with van der Waals surface area (Å²) < 4.78 is 5.50. The van der Waals surface area contributed by atoms with Gasteiger partial charge in [-0.3, -0.25) is 0 Å². The number of nitrogens with zero attached hydrogens (tertiary/aromatic N) is 1. The van der Waals surface area contributed by atoms with Gasteiger partial charge in [-0.25, -0.2) is 0 Å². The van der Waals surface area contributed by atoms with Crippen molar-refractivity contribution in [2.75, 3.05) is 13.1 Å². The van der Waals surface area contributed by atoms with Gasteiger partial charge in [-0.15, -0.1) is 0 Å². The van der Waals surface area contributed by atoms with Crippen molar-refractivity contribution in [1.29, 1.82) is 0 Å². The van der Waals surface area contributed by atoms with E-state index in [0.717, 1.165) is 38.1 Å². The first-order chi connectivity index (χ1) is 8.93. The van der Waals surface area contributed by atoms with Crippen LogP contribution in [-0.2, 0) is 6.42 Å². The van der Waals surface area contributed by atoms with Crippen molar-refractivity contribution < 1.29 is 4.52 Å². The van der Waals surface area contributed by atoms with E-state index < -0.39 is 0 Å². The zero-order valence-electron chi connectivity index (χ0n) is 10.4. The molecule has 18 heavy (non-hydrogen) atoms. The minimum absolute atomic E-state index is 0.535. The lowest BCUT2D eigenvalue weighted by atomic mass is 9.91. The Kier molecular flexibility index (Phi) is 3.42. The Balaban J connectivity index is 1.78. The molecule has 1 N–H and O–H groups in total. The van der Waals surface area contributed by atoms with Gasteiger partial charge in [-0.2, -0.15) is 0 Å². The monoisotopic (exact) mass is 242 g/mol. The lowest BCUT2D eigenvalue weighted by molar-refractivity contribution is 0.326. The van der Waals surface area contributed by atoms with E-state index in [4.69, 9.17) is 4.52 Å². The lowest BCUT2D eigenvalue weighted by Crippen LogP contribution is -2.26. The van der Waals surface area contributed by atoms with Crippen LogP contribution in [0, 0.1) is 0 Å². The molecule has 3 heteroatoms. The van der Waals surface area contributed by atoms with E-state index in [9.17, 15) is 0 Å². The maximum Gasteiger partial charge on any atom is 0.143 e. The fourth-order valence-electron chi connectivity index (χ4n) is 2.64. The first-order valence-corrected chi connectivity index (χ1v) is 6.61. The Morgan fingerprint density at radius 2 is 1.94 bits per heavy atom. The van der Waals surface area contributed by atoms with E-state index in [-0.39, 0.29) is 0 Å². The summed E-state index contributed by atoms with van der Waals surface area (Å²) >= 11 is 0. The molecule has 94 valence electrons. The normalized spacial score (nSPS) is 16.9. The number of hydrogen-bond donors (Lipinski definition) is 1. The summed E-state index contributed by atoms with van der Waals surface area (Å²) in [4.78, 5) is 0. The SMILES string of the molecule is c1ccc(Cc2cnoc2C2CCNCC2)cc1. The molecular formula is C15H18N2O. The van der Waals surface area contributed by atoms with Crippen LogP contribution in [0.3, 0.4) is 0 Å². The van der Waals surface area contributed by atoms with Crippen LogP contribution >= 0.6 is 0 Å². The van der Waals surface area contributed by atoms with Gasteiger partial charge in [0.05, 0.1) is 6.20 Å². The van der Waals surface area contributed by atoms with Crippen LogP contribution in [0.2, 0.25) is 0 Å². The molecule has 0 bridgehead atoms. The zero-order chi connectivity index (χ0) is 12.2. The van der Waals surface area contributed by atoms with Gasteiger partial charge in [0.15, 0.2) is 0 Å². The molecule has 0 aliphatic carbocycles. The van der Waals surface area contributed by atoms with E-state index in [1.54, 1.807) is 0 Å². The topological polar surface area (TPSA) is 38.1 Å². The molecular weight excluding hydrogens is 224 g/mol. The van der Waals surface area contributed by atoms with E-state index in [1.807, 2.05) is 12.3 Å². The highest BCUT2D eigenvalue weighted by Crippen LogP contribution is 2.29. The molecule has 1 aromatic carbocycles. The van der Waals surface area contributed by atoms with Crippen molar-refractivity contribution in [3.63, 3.8) is 0 Å². The maximum atomic E-state index is 5.50. The van der Waals surface area contributed by atoms with Crippen molar-refractivity contribution in [2.45, 2.75) is 25.2 Å². The minimum Gasteiger partial charge on any atom is -0.361 e. The Morgan fingerprint density at radius 1 is 1.17 bits per heavy atom. The molecule has 0 saturated carbocycles. The van der Waals surface area contributed by atoms with Crippen LogP contribution in [0.25, 0.3) is 0 Å². The van der Waals surface area contributed by atoms with Crippen molar-refractivity contribution >= 4 is 0 Å². The summed E-state index contributed by atoms with van der Waals surface area (Å²) in [5, 5.41) is 7.38. The molecule has 3 rings (SSSR count). The summed E-state index contributed by atoms with van der Waals surface area (Å²) in [7, 11) is 0. The average Bonchev–Trinajstić information content (AvgIpc) is 2.89. The first kappa shape index (κ1) is 11.5. The molecule has 1 aromatic heterocycles. The standard InChI is InChI=1S/C15H18N2O/c1-2-4-12(5-3-1)10-14-11-17-18-15(14)13-6-8-16-9-7-13/h1-5,11,13,16H,6-10H2. The molecule has 2 heterocycles. The van der Waals surface area contributed by atoms with Gasteiger partial charge in [0.1, 0.15) is 5.76 Å². The van der Waals surface area contributed by atoms with Gasteiger partial charge >= 0.3 is 0 Å². The highest BCUT2D eigenvalue weighted by atomic mass is 16.5. The van der Waals surface area contributed by atoms with Gasteiger partial charge in [-0.05, 0) is 31.5 Å². The number of aromatic nitrogens is 1. The van der Waals surface area contributed by atoms with Gasteiger partial charge in [0, 0.05) is 17.9 Å². The Morgan fingerprint density at radius 3 is 2.72 bits per heavy atom. The number of nitrogens with one attached hydrogen (secondary N) is 1. The molecule has 0 atom stereocenters. The van der Waals surface area contributed by atoms with Gasteiger partial charge < -0.3 is 9.84 Å². The zero-order valence-corrected chi connectivity index (χ0v) is 10.4. The van der Waals surface area contributed by atoms with Crippen LogP contribution in [-0.4, -0.2) is 18.2 Å². The summed E-state index contributed by atoms with van der Waals surface area (Å²) in [6, 6.07) is 10.5. The second kappa shape index (κ2) is 5.36. The molecule has 0 amide bonds. The third kappa shape index (κ3) is 2.46. The Labute approximate surface area is 107 Å². The third-order valence-electron chi connectivity index (χ3n) is 3.62. The van der Waals surface area contributed by atoms with Crippen LogP contribution in [0.1, 0.15) is 35.6 Å². The number of piperidine rings is 1. The minimum atomic E-state index is 0.535. The third-order valence-corrected chi connectivity index (χ3v) is 3.62. The molecule has 3 nitrogen and oxygen atoms in total. The Hall–Kier alpha value is -1.61. The van der Waals surface area contributed by atoms with E-state index in [2.05, 4.69) is 34.7 Å². The molecule has 0 radical (unpaired) electrons. The van der Waals surface area contributed by atoms with E-state index >= 15 is 0 Å². The molecule has 1 aliphatic rings. The Bertz CT molecular complexity index is 486. The van der Waals surface area contributed by atoms with Gasteiger partial charge in [0.25, 0.3) is 0 Å². The molecule has 1 fully saturated rings. The van der Waals surface area contributed by atoms with Crippen molar-refractivity contribution in [3.05, 3.63) is 53.4 Å². The van der Waals surface area contributed by atoms with Crippen LogP contribution < -0.4 is 5.32 Å². The molecule has 2 aromatic rings. The predicted molar refractivity (Wildman–Crippen MR) is 70.6 cm³/mol. The van der Waals surface area contributed by atoms with E-state index in [0.29, 0.717) is 5.92 Å². The van der Waals surface area contributed by atoms with Crippen LogP contribution in [0.4, 0.5) is 0 Å². The lowest BCUT2D eigenvalue weighted by Gasteiger charge is -2.21. The predicted octanol–water partition coefficient (Wildman–Crippen LogP) is 2.73. The second-order valence-corrected chi connectivity index (χ2v) is 4.90. The summed E-state index contributed by atoms with van der Waals surface area (Å²) in [6.07, 6.45) is 5.10. The number of hydrogen-bond acceptors (Lipinski definition) is 3. The van der Waals surface area contributed by atoms with Crippen LogP contribution in [0.5, 0.6) is 0 Å². The summed E-state index contributed by atoms with van der Waals surface area (Å²) in [5.41, 5.74) is 2.56.